The second-order valence-electron chi connectivity index (χ2n) is 9.57. The molecule has 0 fully saturated rings. The molecule has 2 atom stereocenters. The third-order valence-electron chi connectivity index (χ3n) is 7.21. The average molecular weight is 581 g/mol. The first kappa shape index (κ1) is 33.2. The van der Waals surface area contributed by atoms with E-state index in [0.717, 1.165) is 53.6 Å². The quantitative estimate of drug-likeness (QED) is 0.0707. The number of rotatable bonds is 16. The third-order valence-corrected chi connectivity index (χ3v) is 7.96. The standard InChI is InChI=1S/C31H45Cl2N2O4/c1-7-12-19-39-22-35(27(36)20-32,29-25(10-4)17-14-18-26(29)11-5)30(33)31(37)34(21-38-6)28-23(8-2)15-13-16-24(28)9-3/h13-18,30H,7-12,19-22H2,1-6H3/q+1. The van der Waals surface area contributed by atoms with Crippen LogP contribution >= 0.6 is 23.2 Å². The predicted octanol–water partition coefficient (Wildman–Crippen LogP) is 6.99. The summed E-state index contributed by atoms with van der Waals surface area (Å²) in [4.78, 5) is 30.1. The fraction of sp³-hybridized carbons (Fsp3) is 0.548. The van der Waals surface area contributed by atoms with Crippen LogP contribution in [0, 0.1) is 0 Å². The van der Waals surface area contributed by atoms with Gasteiger partial charge in [-0.15, -0.1) is 11.6 Å². The summed E-state index contributed by atoms with van der Waals surface area (Å²) in [5.41, 5.74) is 4.04. The van der Waals surface area contributed by atoms with Crippen LogP contribution < -0.4 is 9.38 Å². The minimum Gasteiger partial charge on any atom is -0.364 e. The summed E-state index contributed by atoms with van der Waals surface area (Å²) < 4.78 is 11.1. The van der Waals surface area contributed by atoms with Crippen LogP contribution in [-0.2, 0) is 44.7 Å². The Morgan fingerprint density at radius 3 is 1.85 bits per heavy atom. The highest BCUT2D eigenvalue weighted by atomic mass is 35.5. The lowest BCUT2D eigenvalue weighted by atomic mass is 9.99. The second-order valence-corrected chi connectivity index (χ2v) is 10.3. The summed E-state index contributed by atoms with van der Waals surface area (Å²) in [5, 5.41) is 0. The molecule has 216 valence electrons. The number of para-hydroxylation sites is 2. The van der Waals surface area contributed by atoms with Gasteiger partial charge >= 0.3 is 11.8 Å². The molecule has 0 aliphatic carbocycles. The van der Waals surface area contributed by atoms with Crippen LogP contribution in [0.1, 0.15) is 69.7 Å². The van der Waals surface area contributed by atoms with Crippen molar-refractivity contribution in [1.82, 2.24) is 4.48 Å². The van der Waals surface area contributed by atoms with Gasteiger partial charge < -0.3 is 9.47 Å². The summed E-state index contributed by atoms with van der Waals surface area (Å²) in [5.74, 6) is -1.13. The predicted molar refractivity (Wildman–Crippen MR) is 163 cm³/mol. The molecule has 0 aromatic heterocycles. The van der Waals surface area contributed by atoms with Gasteiger partial charge in [-0.1, -0.05) is 77.4 Å². The zero-order valence-electron chi connectivity index (χ0n) is 24.4. The van der Waals surface area contributed by atoms with E-state index in [1.165, 1.54) is 0 Å². The van der Waals surface area contributed by atoms with E-state index in [9.17, 15) is 9.59 Å². The average Bonchev–Trinajstić information content (AvgIpc) is 2.98. The molecule has 0 saturated carbocycles. The Balaban J connectivity index is 2.85. The summed E-state index contributed by atoms with van der Waals surface area (Å²) in [6.45, 7) is 10.6. The Kier molecular flexibility index (Phi) is 13.9. The molecule has 6 nitrogen and oxygen atoms in total. The number of anilines is 1. The van der Waals surface area contributed by atoms with Crippen molar-refractivity contribution < 1.29 is 19.1 Å². The van der Waals surface area contributed by atoms with Crippen molar-refractivity contribution in [2.75, 3.05) is 38.0 Å². The van der Waals surface area contributed by atoms with Gasteiger partial charge in [-0.2, -0.15) is 4.48 Å². The maximum Gasteiger partial charge on any atom is 0.337 e. The van der Waals surface area contributed by atoms with Gasteiger partial charge in [0.05, 0.1) is 12.3 Å². The highest BCUT2D eigenvalue weighted by Gasteiger charge is 2.53. The molecule has 2 aromatic rings. The normalized spacial score (nSPS) is 13.6. The van der Waals surface area contributed by atoms with Gasteiger partial charge in [-0.3, -0.25) is 9.69 Å². The lowest BCUT2D eigenvalue weighted by molar-refractivity contribution is -0.139. The van der Waals surface area contributed by atoms with E-state index in [1.54, 1.807) is 12.0 Å². The van der Waals surface area contributed by atoms with Crippen LogP contribution in [0.4, 0.5) is 11.4 Å². The minimum atomic E-state index is -1.33. The van der Waals surface area contributed by atoms with Gasteiger partial charge in [0, 0.05) is 18.2 Å². The highest BCUT2D eigenvalue weighted by molar-refractivity contribution is 6.37. The van der Waals surface area contributed by atoms with Crippen molar-refractivity contribution in [2.24, 2.45) is 0 Å². The van der Waals surface area contributed by atoms with Crippen LogP contribution in [0.25, 0.3) is 0 Å². The molecule has 0 N–H and O–H groups in total. The molecule has 2 aromatic carbocycles. The number of nitrogens with zero attached hydrogens (tertiary/aromatic N) is 2. The van der Waals surface area contributed by atoms with E-state index in [1.807, 2.05) is 50.2 Å². The smallest absolute Gasteiger partial charge is 0.337 e. The van der Waals surface area contributed by atoms with Crippen LogP contribution in [0.15, 0.2) is 36.4 Å². The Bertz CT molecular complexity index is 1050. The number of methoxy groups -OCH3 is 1. The molecular weight excluding hydrogens is 535 g/mol. The number of benzene rings is 2. The molecule has 0 bridgehead atoms. The van der Waals surface area contributed by atoms with Crippen LogP contribution in [0.2, 0.25) is 0 Å². The molecule has 2 amide bonds. The number of alkyl halides is 2. The first-order valence-corrected chi connectivity index (χ1v) is 15.0. The number of hydrogen-bond acceptors (Lipinski definition) is 4. The van der Waals surface area contributed by atoms with Crippen molar-refractivity contribution in [3.8, 4) is 0 Å². The van der Waals surface area contributed by atoms with Gasteiger partial charge in [0.25, 0.3) is 5.50 Å². The molecule has 0 heterocycles. The van der Waals surface area contributed by atoms with Gasteiger partial charge in [0.15, 0.2) is 6.73 Å². The minimum absolute atomic E-state index is 0.00607. The first-order valence-electron chi connectivity index (χ1n) is 14.0. The monoisotopic (exact) mass is 579 g/mol. The maximum atomic E-state index is 14.5. The summed E-state index contributed by atoms with van der Waals surface area (Å²) in [6, 6.07) is 12.0. The maximum absolute atomic E-state index is 14.5. The van der Waals surface area contributed by atoms with Gasteiger partial charge in [-0.05, 0) is 54.8 Å². The lowest BCUT2D eigenvalue weighted by Gasteiger charge is -2.41. The fourth-order valence-corrected chi connectivity index (χ4v) is 5.70. The number of carbonyl (C=O) groups is 2. The van der Waals surface area contributed by atoms with E-state index in [4.69, 9.17) is 32.7 Å². The van der Waals surface area contributed by atoms with E-state index >= 15 is 0 Å². The Morgan fingerprint density at radius 2 is 1.41 bits per heavy atom. The van der Waals surface area contributed by atoms with Crippen molar-refractivity contribution in [3.05, 3.63) is 58.7 Å². The highest BCUT2D eigenvalue weighted by Crippen LogP contribution is 2.39. The summed E-state index contributed by atoms with van der Waals surface area (Å²) >= 11 is 13.6. The number of hydrogen-bond donors (Lipinski definition) is 0. The number of quaternary nitrogens is 1. The molecule has 8 heteroatoms. The number of amides is 2. The molecule has 0 aliphatic rings. The molecule has 2 rings (SSSR count). The molecular formula is C31H45Cl2N2O4+. The molecule has 0 radical (unpaired) electrons. The van der Waals surface area contributed by atoms with E-state index in [0.29, 0.717) is 25.1 Å². The second kappa shape index (κ2) is 16.3. The van der Waals surface area contributed by atoms with Gasteiger partial charge in [0.2, 0.25) is 0 Å². The van der Waals surface area contributed by atoms with Crippen LogP contribution in [0.5, 0.6) is 0 Å². The number of halogens is 2. The summed E-state index contributed by atoms with van der Waals surface area (Å²) in [6.07, 6.45) is 4.53. The molecule has 0 spiro atoms. The first-order chi connectivity index (χ1) is 18.8. The number of carbonyl (C=O) groups excluding carboxylic acids is 2. The van der Waals surface area contributed by atoms with E-state index in [-0.39, 0.29) is 25.2 Å². The van der Waals surface area contributed by atoms with E-state index < -0.39 is 15.9 Å². The van der Waals surface area contributed by atoms with Crippen LogP contribution in [-0.4, -0.2) is 50.4 Å². The van der Waals surface area contributed by atoms with Gasteiger partial charge in [0.1, 0.15) is 18.3 Å². The van der Waals surface area contributed by atoms with Gasteiger partial charge in [-0.25, -0.2) is 4.79 Å². The summed E-state index contributed by atoms with van der Waals surface area (Å²) in [7, 11) is 1.55. The van der Waals surface area contributed by atoms with Crippen molar-refractivity contribution >= 4 is 46.4 Å². The molecule has 2 unspecified atom stereocenters. The topological polar surface area (TPSA) is 55.8 Å². The number of aryl methyl sites for hydroxylation is 4. The van der Waals surface area contributed by atoms with Crippen molar-refractivity contribution in [3.63, 3.8) is 0 Å². The fourth-order valence-electron chi connectivity index (χ4n) is 5.10. The molecule has 0 aliphatic heterocycles. The largest absolute Gasteiger partial charge is 0.364 e. The molecule has 0 saturated heterocycles. The zero-order valence-corrected chi connectivity index (χ0v) is 25.9. The van der Waals surface area contributed by atoms with Crippen molar-refractivity contribution in [2.45, 2.75) is 78.6 Å². The number of unbranched alkanes of at least 4 members (excludes halogenated alkanes) is 1. The SMILES string of the molecule is CCCCOC[N+](C(=O)CCl)(c1c(CC)cccc1CC)C(Cl)C(=O)N(COC)c1c(CC)cccc1CC. The Labute approximate surface area is 244 Å². The van der Waals surface area contributed by atoms with Crippen LogP contribution in [0.3, 0.4) is 0 Å². The Morgan fingerprint density at radius 1 is 0.897 bits per heavy atom. The van der Waals surface area contributed by atoms with E-state index in [2.05, 4.69) is 20.8 Å². The zero-order chi connectivity index (χ0) is 29.0. The molecule has 39 heavy (non-hydrogen) atoms. The third kappa shape index (κ3) is 7.22. The lowest BCUT2D eigenvalue weighted by Crippen LogP contribution is -2.66. The number of ether oxygens (including phenoxy) is 2. The Hall–Kier alpha value is -1.96. The van der Waals surface area contributed by atoms with Crippen molar-refractivity contribution in [1.29, 1.82) is 0 Å².